The van der Waals surface area contributed by atoms with E-state index in [1.54, 1.807) is 23.9 Å². The van der Waals surface area contributed by atoms with Gasteiger partial charge in [-0.3, -0.25) is 9.89 Å². The summed E-state index contributed by atoms with van der Waals surface area (Å²) in [6.45, 7) is 0.230. The van der Waals surface area contributed by atoms with Gasteiger partial charge in [0, 0.05) is 36.8 Å². The van der Waals surface area contributed by atoms with Crippen LogP contribution in [0.1, 0.15) is 37.5 Å². The summed E-state index contributed by atoms with van der Waals surface area (Å²) in [6.07, 6.45) is 3.44. The number of rotatable bonds is 7. The summed E-state index contributed by atoms with van der Waals surface area (Å²) in [5, 5.41) is 29.9. The van der Waals surface area contributed by atoms with E-state index < -0.39 is 0 Å². The number of carbonyl (C=O) groups excluding carboxylic acids is 1. The zero-order valence-electron chi connectivity index (χ0n) is 14.9. The van der Waals surface area contributed by atoms with Gasteiger partial charge in [0.2, 0.25) is 0 Å². The molecule has 4 aromatic heterocycles. The van der Waals surface area contributed by atoms with Gasteiger partial charge in [-0.25, -0.2) is 9.97 Å². The first-order valence-corrected chi connectivity index (χ1v) is 10.1. The second-order valence-corrected chi connectivity index (χ2v) is 8.07. The van der Waals surface area contributed by atoms with Crippen LogP contribution in [0, 0.1) is 5.41 Å². The number of fused-ring (bicyclic) bond motifs is 1. The number of aliphatic hydroxyl groups excluding tert-OH is 1. The highest BCUT2D eigenvalue weighted by atomic mass is 32.1. The lowest BCUT2D eigenvalue weighted by molar-refractivity contribution is 0.0942. The van der Waals surface area contributed by atoms with Crippen LogP contribution in [0.2, 0.25) is 0 Å². The molecule has 1 amide bonds. The van der Waals surface area contributed by atoms with Crippen LogP contribution in [0.3, 0.4) is 0 Å². The Morgan fingerprint density at radius 1 is 1.39 bits per heavy atom. The van der Waals surface area contributed by atoms with Gasteiger partial charge in [-0.2, -0.15) is 5.10 Å². The van der Waals surface area contributed by atoms with Gasteiger partial charge in [0.05, 0.1) is 29.2 Å². The van der Waals surface area contributed by atoms with Crippen molar-refractivity contribution in [1.82, 2.24) is 30.0 Å². The van der Waals surface area contributed by atoms with Crippen LogP contribution < -0.4 is 5.32 Å². The van der Waals surface area contributed by atoms with Gasteiger partial charge in [0.25, 0.3) is 5.91 Å². The number of thiazole rings is 2. The van der Waals surface area contributed by atoms with Crippen molar-refractivity contribution in [3.05, 3.63) is 50.3 Å². The molecule has 0 aliphatic rings. The third-order valence-electron chi connectivity index (χ3n) is 4.22. The highest BCUT2D eigenvalue weighted by molar-refractivity contribution is 7.19. The van der Waals surface area contributed by atoms with Gasteiger partial charge in [-0.1, -0.05) is 0 Å². The van der Waals surface area contributed by atoms with E-state index in [1.807, 2.05) is 5.38 Å². The maximum absolute atomic E-state index is 12.7. The standard InChI is InChI=1S/C17H17N7O2S2/c1-24-14(17(26)19-6-9-2-3-20-23-9)11(5-18)15-16(24)22-12(28-15)4-10-8-27-13(7-25)21-10/h2-3,5,8,18,25H,4,6-7H2,1H3,(H,19,26)(H,20,23). The number of amides is 1. The topological polar surface area (TPSA) is 133 Å². The quantitative estimate of drug-likeness (QED) is 0.342. The van der Waals surface area contributed by atoms with Crippen LogP contribution in [0.5, 0.6) is 0 Å². The number of aromatic nitrogens is 5. The number of hydrogen-bond acceptors (Lipinski definition) is 8. The minimum Gasteiger partial charge on any atom is -0.389 e. The average Bonchev–Trinajstić information content (AvgIpc) is 3.46. The Morgan fingerprint density at radius 2 is 2.25 bits per heavy atom. The first-order valence-electron chi connectivity index (χ1n) is 8.40. The van der Waals surface area contributed by atoms with Crippen molar-refractivity contribution in [2.24, 2.45) is 7.05 Å². The first kappa shape index (κ1) is 18.5. The third-order valence-corrected chi connectivity index (χ3v) is 6.18. The number of nitrogens with zero attached hydrogens (tertiary/aromatic N) is 4. The molecule has 0 saturated heterocycles. The van der Waals surface area contributed by atoms with E-state index in [9.17, 15) is 4.79 Å². The summed E-state index contributed by atoms with van der Waals surface area (Å²) in [4.78, 5) is 21.7. The molecule has 0 aliphatic carbocycles. The summed E-state index contributed by atoms with van der Waals surface area (Å²) >= 11 is 2.86. The second kappa shape index (κ2) is 7.62. The predicted molar refractivity (Wildman–Crippen MR) is 107 cm³/mol. The van der Waals surface area contributed by atoms with Crippen molar-refractivity contribution in [1.29, 1.82) is 5.41 Å². The zero-order valence-corrected chi connectivity index (χ0v) is 16.5. The van der Waals surface area contributed by atoms with Crippen molar-refractivity contribution in [2.45, 2.75) is 19.6 Å². The van der Waals surface area contributed by atoms with Gasteiger partial charge < -0.3 is 20.4 Å². The van der Waals surface area contributed by atoms with Gasteiger partial charge >= 0.3 is 0 Å². The fraction of sp³-hybridized carbons (Fsp3) is 0.235. The van der Waals surface area contributed by atoms with Crippen LogP contribution in [0.4, 0.5) is 0 Å². The molecule has 4 N–H and O–H groups in total. The summed E-state index contributed by atoms with van der Waals surface area (Å²) < 4.78 is 2.52. The lowest BCUT2D eigenvalue weighted by Crippen LogP contribution is -2.26. The zero-order chi connectivity index (χ0) is 19.7. The van der Waals surface area contributed by atoms with E-state index in [0.29, 0.717) is 34.9 Å². The third kappa shape index (κ3) is 3.35. The molecule has 0 fully saturated rings. The Kier molecular flexibility index (Phi) is 5.03. The van der Waals surface area contributed by atoms with Crippen LogP contribution in [-0.2, 0) is 26.6 Å². The number of nitrogens with one attached hydrogen (secondary N) is 3. The number of carbonyl (C=O) groups is 1. The molecular formula is C17H17N7O2S2. The summed E-state index contributed by atoms with van der Waals surface area (Å²) in [7, 11) is 1.77. The van der Waals surface area contributed by atoms with Crippen LogP contribution in [0.25, 0.3) is 10.3 Å². The van der Waals surface area contributed by atoms with Crippen molar-refractivity contribution in [2.75, 3.05) is 0 Å². The number of aromatic amines is 1. The minimum atomic E-state index is -0.275. The van der Waals surface area contributed by atoms with Crippen molar-refractivity contribution in [3.8, 4) is 0 Å². The smallest absolute Gasteiger partial charge is 0.269 e. The van der Waals surface area contributed by atoms with Gasteiger partial charge in [-0.05, 0) is 6.07 Å². The molecule has 28 heavy (non-hydrogen) atoms. The van der Waals surface area contributed by atoms with Crippen molar-refractivity contribution in [3.63, 3.8) is 0 Å². The monoisotopic (exact) mass is 415 g/mol. The van der Waals surface area contributed by atoms with Crippen molar-refractivity contribution < 1.29 is 9.90 Å². The first-order chi connectivity index (χ1) is 13.6. The molecule has 0 atom stereocenters. The molecule has 0 unspecified atom stereocenters. The number of aryl methyl sites for hydroxylation is 1. The van der Waals surface area contributed by atoms with Crippen molar-refractivity contribution >= 4 is 45.1 Å². The normalized spacial score (nSPS) is 11.2. The fourth-order valence-electron chi connectivity index (χ4n) is 2.94. The van der Waals surface area contributed by atoms with E-state index in [1.165, 1.54) is 28.9 Å². The molecule has 0 aliphatic heterocycles. The van der Waals surface area contributed by atoms with Gasteiger partial charge in [0.15, 0.2) is 5.65 Å². The number of hydrogen-bond donors (Lipinski definition) is 4. The van der Waals surface area contributed by atoms with E-state index >= 15 is 0 Å². The molecule has 144 valence electrons. The van der Waals surface area contributed by atoms with Crippen LogP contribution >= 0.6 is 22.7 Å². The largest absolute Gasteiger partial charge is 0.389 e. The molecular weight excluding hydrogens is 398 g/mol. The molecule has 4 aromatic rings. The maximum Gasteiger partial charge on any atom is 0.269 e. The van der Waals surface area contributed by atoms with Crippen LogP contribution in [-0.4, -0.2) is 42.0 Å². The molecule has 4 heterocycles. The minimum absolute atomic E-state index is 0.0702. The Morgan fingerprint density at radius 3 is 2.93 bits per heavy atom. The predicted octanol–water partition coefficient (Wildman–Crippen LogP) is 1.83. The Bertz CT molecular complexity index is 1140. The van der Waals surface area contributed by atoms with Gasteiger partial charge in [0.1, 0.15) is 15.7 Å². The molecule has 11 heteroatoms. The highest BCUT2D eigenvalue weighted by Crippen LogP contribution is 2.31. The Balaban J connectivity index is 1.61. The van der Waals surface area contributed by atoms with E-state index in [4.69, 9.17) is 10.5 Å². The highest BCUT2D eigenvalue weighted by Gasteiger charge is 2.23. The lowest BCUT2D eigenvalue weighted by Gasteiger charge is -2.06. The molecule has 4 rings (SSSR count). The lowest BCUT2D eigenvalue weighted by atomic mass is 10.2. The number of H-pyrrole nitrogens is 1. The Hall–Kier alpha value is -2.89. The van der Waals surface area contributed by atoms with E-state index in [2.05, 4.69) is 25.5 Å². The molecule has 0 spiro atoms. The Labute approximate surface area is 167 Å². The fourth-order valence-corrected chi connectivity index (χ4v) is 4.72. The molecule has 0 aromatic carbocycles. The molecule has 0 bridgehead atoms. The number of aliphatic hydroxyl groups is 1. The summed E-state index contributed by atoms with van der Waals surface area (Å²) in [5.74, 6) is -0.275. The summed E-state index contributed by atoms with van der Waals surface area (Å²) in [6, 6.07) is 1.79. The summed E-state index contributed by atoms with van der Waals surface area (Å²) in [5.41, 5.74) is 3.20. The SMILES string of the molecule is Cn1c(C(=O)NCc2cc[nH]n2)c(C=N)c2sc(Cc3csc(CO)n3)nc21. The van der Waals surface area contributed by atoms with E-state index in [-0.39, 0.29) is 12.5 Å². The van der Waals surface area contributed by atoms with Crippen LogP contribution in [0.15, 0.2) is 17.6 Å². The molecule has 0 radical (unpaired) electrons. The molecule has 9 nitrogen and oxygen atoms in total. The molecule has 0 saturated carbocycles. The second-order valence-electron chi connectivity index (χ2n) is 6.04. The maximum atomic E-state index is 12.7. The average molecular weight is 416 g/mol. The van der Waals surface area contributed by atoms with E-state index in [0.717, 1.165) is 21.1 Å². The van der Waals surface area contributed by atoms with Gasteiger partial charge in [-0.15, -0.1) is 22.7 Å².